The molecule has 0 bridgehead atoms. The standard InChI is InChI=1S/C22H24N2O4S2/c1-3-28-22(27)19-15-9-4-12(2)10-16(15)30-21(19)24-18(25)11-17(20(24)26)29-14-7-5-13(23)6-8-14/h5-8,12,17H,3-4,9-11,23H2,1-2H3/t12-,17-/m1/s1. The molecule has 8 heteroatoms. The zero-order chi connectivity index (χ0) is 21.4. The van der Waals surface area contributed by atoms with Gasteiger partial charge >= 0.3 is 5.97 Å². The van der Waals surface area contributed by atoms with Gasteiger partial charge in [0.2, 0.25) is 11.8 Å². The van der Waals surface area contributed by atoms with Crippen molar-refractivity contribution in [3.8, 4) is 0 Å². The van der Waals surface area contributed by atoms with E-state index in [9.17, 15) is 14.4 Å². The summed E-state index contributed by atoms with van der Waals surface area (Å²) in [7, 11) is 0. The number of nitrogen functional groups attached to an aromatic ring is 1. The number of carbonyl (C=O) groups is 3. The van der Waals surface area contributed by atoms with Crippen molar-refractivity contribution in [2.45, 2.75) is 49.7 Å². The normalized spacial score (nSPS) is 21.1. The highest BCUT2D eigenvalue weighted by Gasteiger charge is 2.44. The summed E-state index contributed by atoms with van der Waals surface area (Å²) in [5.74, 6) is -0.489. The maximum Gasteiger partial charge on any atom is 0.341 e. The van der Waals surface area contributed by atoms with Crippen LogP contribution in [0.1, 0.15) is 47.5 Å². The van der Waals surface area contributed by atoms with Gasteiger partial charge in [0.1, 0.15) is 5.00 Å². The molecule has 1 aromatic carbocycles. The Labute approximate surface area is 183 Å². The SMILES string of the molecule is CCOC(=O)c1c(N2C(=O)C[C@@H](Sc3ccc(N)cc3)C2=O)sc2c1CC[C@@H](C)C2. The Bertz CT molecular complexity index is 999. The van der Waals surface area contributed by atoms with Gasteiger partial charge in [-0.1, -0.05) is 6.92 Å². The number of benzene rings is 1. The molecule has 1 aromatic heterocycles. The molecule has 0 saturated carbocycles. The smallest absolute Gasteiger partial charge is 0.341 e. The predicted molar refractivity (Wildman–Crippen MR) is 119 cm³/mol. The van der Waals surface area contributed by atoms with Crippen LogP contribution in [0.5, 0.6) is 0 Å². The van der Waals surface area contributed by atoms with Crippen molar-refractivity contribution < 1.29 is 19.1 Å². The lowest BCUT2D eigenvalue weighted by atomic mass is 9.88. The van der Waals surface area contributed by atoms with Crippen molar-refractivity contribution in [2.75, 3.05) is 17.2 Å². The molecule has 0 unspecified atom stereocenters. The lowest BCUT2D eigenvalue weighted by Crippen LogP contribution is -2.32. The van der Waals surface area contributed by atoms with E-state index in [1.54, 1.807) is 19.1 Å². The first-order valence-electron chi connectivity index (χ1n) is 10.1. The molecule has 4 rings (SSSR count). The monoisotopic (exact) mass is 444 g/mol. The molecular weight excluding hydrogens is 420 g/mol. The quantitative estimate of drug-likeness (QED) is 0.425. The Kier molecular flexibility index (Phi) is 5.88. The molecule has 2 aromatic rings. The van der Waals surface area contributed by atoms with Gasteiger partial charge in [0.05, 0.1) is 17.4 Å². The summed E-state index contributed by atoms with van der Waals surface area (Å²) in [6, 6.07) is 7.23. The highest BCUT2D eigenvalue weighted by Crippen LogP contribution is 2.44. The number of rotatable bonds is 5. The van der Waals surface area contributed by atoms with Crippen LogP contribution in [0.4, 0.5) is 10.7 Å². The van der Waals surface area contributed by atoms with Crippen molar-refractivity contribution in [1.82, 2.24) is 0 Å². The van der Waals surface area contributed by atoms with E-state index in [0.717, 1.165) is 34.6 Å². The zero-order valence-corrected chi connectivity index (χ0v) is 18.6. The van der Waals surface area contributed by atoms with E-state index in [2.05, 4.69) is 6.92 Å². The van der Waals surface area contributed by atoms with Crippen LogP contribution >= 0.6 is 23.1 Å². The second-order valence-electron chi connectivity index (χ2n) is 7.70. The van der Waals surface area contributed by atoms with Crippen molar-refractivity contribution >= 4 is 51.6 Å². The zero-order valence-electron chi connectivity index (χ0n) is 17.0. The first-order chi connectivity index (χ1) is 14.4. The molecular formula is C22H24N2O4S2. The van der Waals surface area contributed by atoms with E-state index in [4.69, 9.17) is 10.5 Å². The summed E-state index contributed by atoms with van der Waals surface area (Å²) in [4.78, 5) is 42.0. The molecule has 2 atom stereocenters. The summed E-state index contributed by atoms with van der Waals surface area (Å²) in [6.07, 6.45) is 2.70. The van der Waals surface area contributed by atoms with Crippen LogP contribution in [0.3, 0.4) is 0 Å². The van der Waals surface area contributed by atoms with Crippen LogP contribution in [-0.4, -0.2) is 29.6 Å². The average molecular weight is 445 g/mol. The third-order valence-electron chi connectivity index (χ3n) is 5.44. The molecule has 2 N–H and O–H groups in total. The van der Waals surface area contributed by atoms with Gasteiger partial charge in [0.25, 0.3) is 0 Å². The fourth-order valence-electron chi connectivity index (χ4n) is 3.93. The number of thioether (sulfide) groups is 1. The lowest BCUT2D eigenvalue weighted by Gasteiger charge is -2.18. The number of fused-ring (bicyclic) bond motifs is 1. The lowest BCUT2D eigenvalue weighted by molar-refractivity contribution is -0.121. The van der Waals surface area contributed by atoms with Crippen molar-refractivity contribution in [3.63, 3.8) is 0 Å². The van der Waals surface area contributed by atoms with Gasteiger partial charge in [-0.25, -0.2) is 9.69 Å². The van der Waals surface area contributed by atoms with Crippen LogP contribution in [0.15, 0.2) is 29.2 Å². The molecule has 30 heavy (non-hydrogen) atoms. The molecule has 2 heterocycles. The number of nitrogens with two attached hydrogens (primary N) is 1. The summed E-state index contributed by atoms with van der Waals surface area (Å²) >= 11 is 2.74. The number of carbonyl (C=O) groups excluding carboxylic acids is 3. The Morgan fingerprint density at radius 1 is 1.27 bits per heavy atom. The van der Waals surface area contributed by atoms with Crippen LogP contribution < -0.4 is 10.6 Å². The third-order valence-corrected chi connectivity index (χ3v) is 7.88. The number of hydrogen-bond donors (Lipinski definition) is 1. The minimum Gasteiger partial charge on any atom is -0.462 e. The van der Waals surface area contributed by atoms with E-state index in [-0.39, 0.29) is 24.8 Å². The van der Waals surface area contributed by atoms with E-state index < -0.39 is 11.2 Å². The second kappa shape index (κ2) is 8.43. The maximum absolute atomic E-state index is 13.2. The highest BCUT2D eigenvalue weighted by molar-refractivity contribution is 8.00. The van der Waals surface area contributed by atoms with E-state index in [1.165, 1.54) is 28.0 Å². The molecule has 1 aliphatic carbocycles. The molecule has 2 amide bonds. The van der Waals surface area contributed by atoms with Gasteiger partial charge in [0.15, 0.2) is 0 Å². The summed E-state index contributed by atoms with van der Waals surface area (Å²) in [6.45, 7) is 4.18. The predicted octanol–water partition coefficient (Wildman–Crippen LogP) is 4.06. The number of anilines is 2. The highest BCUT2D eigenvalue weighted by atomic mass is 32.2. The number of imide groups is 1. The minimum atomic E-state index is -0.519. The van der Waals surface area contributed by atoms with Crippen LogP contribution in [0, 0.1) is 5.92 Å². The molecule has 6 nitrogen and oxygen atoms in total. The number of hydrogen-bond acceptors (Lipinski definition) is 7. The van der Waals surface area contributed by atoms with Crippen LogP contribution in [0.25, 0.3) is 0 Å². The summed E-state index contributed by atoms with van der Waals surface area (Å²) in [5.41, 5.74) is 7.73. The van der Waals surface area contributed by atoms with Gasteiger partial charge in [-0.05, 0) is 61.9 Å². The van der Waals surface area contributed by atoms with Gasteiger partial charge in [-0.3, -0.25) is 9.59 Å². The van der Waals surface area contributed by atoms with Crippen molar-refractivity contribution in [3.05, 3.63) is 40.3 Å². The van der Waals surface area contributed by atoms with Gasteiger partial charge in [-0.2, -0.15) is 0 Å². The molecule has 158 valence electrons. The fourth-order valence-corrected chi connectivity index (χ4v) is 6.50. The van der Waals surface area contributed by atoms with Crippen molar-refractivity contribution in [1.29, 1.82) is 0 Å². The van der Waals surface area contributed by atoms with E-state index >= 15 is 0 Å². The number of thiophene rings is 1. The number of amides is 2. The van der Waals surface area contributed by atoms with Gasteiger partial charge in [0, 0.05) is 21.9 Å². The summed E-state index contributed by atoms with van der Waals surface area (Å²) < 4.78 is 5.29. The largest absolute Gasteiger partial charge is 0.462 e. The Morgan fingerprint density at radius 3 is 2.70 bits per heavy atom. The number of ether oxygens (including phenoxy) is 1. The maximum atomic E-state index is 13.2. The molecule has 2 aliphatic rings. The van der Waals surface area contributed by atoms with Crippen LogP contribution in [0.2, 0.25) is 0 Å². The van der Waals surface area contributed by atoms with E-state index in [1.807, 2.05) is 12.1 Å². The topological polar surface area (TPSA) is 89.7 Å². The number of nitrogens with zero attached hydrogens (tertiary/aromatic N) is 1. The fraction of sp³-hybridized carbons (Fsp3) is 0.409. The third kappa shape index (κ3) is 3.86. The van der Waals surface area contributed by atoms with Crippen LogP contribution in [-0.2, 0) is 27.2 Å². The second-order valence-corrected chi connectivity index (χ2v) is 10.1. The molecule has 0 spiro atoms. The van der Waals surface area contributed by atoms with Gasteiger partial charge < -0.3 is 10.5 Å². The average Bonchev–Trinajstić information content (AvgIpc) is 3.19. The first kappa shape index (κ1) is 20.9. The minimum absolute atomic E-state index is 0.106. The van der Waals surface area contributed by atoms with Crippen molar-refractivity contribution in [2.24, 2.45) is 5.92 Å². The molecule has 0 radical (unpaired) electrons. The van der Waals surface area contributed by atoms with E-state index in [0.29, 0.717) is 22.2 Å². The Hall–Kier alpha value is -2.32. The Morgan fingerprint density at radius 2 is 2.00 bits per heavy atom. The molecule has 1 fully saturated rings. The molecule has 1 saturated heterocycles. The summed E-state index contributed by atoms with van der Waals surface area (Å²) in [5, 5.41) is -0.0859. The molecule has 1 aliphatic heterocycles. The number of esters is 1. The first-order valence-corrected chi connectivity index (χ1v) is 11.8. The van der Waals surface area contributed by atoms with Gasteiger partial charge in [-0.15, -0.1) is 23.1 Å². The Balaban J connectivity index is 1.67.